The van der Waals surface area contributed by atoms with Gasteiger partial charge in [-0.3, -0.25) is 0 Å². The minimum absolute atomic E-state index is 0.155. The summed E-state index contributed by atoms with van der Waals surface area (Å²) in [5, 5.41) is 0. The molecule has 0 amide bonds. The molecular formula is C20H22N2O3S. The zero-order valence-corrected chi connectivity index (χ0v) is 15.9. The number of sulfonamides is 1. The van der Waals surface area contributed by atoms with Gasteiger partial charge in [-0.25, -0.2) is 13.4 Å². The van der Waals surface area contributed by atoms with Crippen LogP contribution >= 0.6 is 0 Å². The van der Waals surface area contributed by atoms with Gasteiger partial charge in [0.2, 0.25) is 10.0 Å². The summed E-state index contributed by atoms with van der Waals surface area (Å²) in [6, 6.07) is 16.2. The summed E-state index contributed by atoms with van der Waals surface area (Å²) in [4.78, 5) is 4.53. The predicted molar refractivity (Wildman–Crippen MR) is 101 cm³/mol. The van der Waals surface area contributed by atoms with Gasteiger partial charge in [-0.2, -0.15) is 4.31 Å². The Bertz CT molecular complexity index is 962. The molecule has 136 valence electrons. The smallest absolute Gasteiger partial charge is 0.243 e. The van der Waals surface area contributed by atoms with Crippen LogP contribution in [-0.2, 0) is 16.6 Å². The standard InChI is InChI=1S/C20H22N2O3S/c1-15(2)22(13-17-7-5-4-6-8-17)26(23,24)19-11-9-18(10-12-19)20-14-25-16(3)21-20/h4-12,14-15H,13H2,1-3H3. The van der Waals surface area contributed by atoms with E-state index in [0.29, 0.717) is 18.1 Å². The van der Waals surface area contributed by atoms with E-state index in [0.717, 1.165) is 11.1 Å². The Morgan fingerprint density at radius 1 is 1.04 bits per heavy atom. The number of aromatic nitrogens is 1. The summed E-state index contributed by atoms with van der Waals surface area (Å²) in [7, 11) is -3.60. The summed E-state index contributed by atoms with van der Waals surface area (Å²) in [5.41, 5.74) is 2.47. The van der Waals surface area contributed by atoms with Crippen LogP contribution in [-0.4, -0.2) is 23.7 Å². The number of nitrogens with zero attached hydrogens (tertiary/aromatic N) is 2. The molecule has 0 unspecified atom stereocenters. The van der Waals surface area contributed by atoms with E-state index >= 15 is 0 Å². The van der Waals surface area contributed by atoms with Gasteiger partial charge in [0.05, 0.1) is 4.90 Å². The highest BCUT2D eigenvalue weighted by Crippen LogP contribution is 2.24. The van der Waals surface area contributed by atoms with E-state index in [-0.39, 0.29) is 10.9 Å². The molecule has 1 heterocycles. The third kappa shape index (κ3) is 3.86. The van der Waals surface area contributed by atoms with Gasteiger partial charge < -0.3 is 4.42 Å². The first-order valence-corrected chi connectivity index (χ1v) is 9.90. The number of hydrogen-bond acceptors (Lipinski definition) is 4. The van der Waals surface area contributed by atoms with Crippen LogP contribution in [0.15, 0.2) is 70.2 Å². The minimum Gasteiger partial charge on any atom is -0.449 e. The molecule has 6 heteroatoms. The monoisotopic (exact) mass is 370 g/mol. The molecule has 3 aromatic rings. The molecule has 0 fully saturated rings. The first kappa shape index (κ1) is 18.4. The summed E-state index contributed by atoms with van der Waals surface area (Å²) >= 11 is 0. The zero-order chi connectivity index (χ0) is 18.7. The van der Waals surface area contributed by atoms with Crippen molar-refractivity contribution < 1.29 is 12.8 Å². The Hall–Kier alpha value is -2.44. The largest absolute Gasteiger partial charge is 0.449 e. The van der Waals surface area contributed by atoms with Crippen molar-refractivity contribution in [2.45, 2.75) is 38.3 Å². The first-order chi connectivity index (χ1) is 12.4. The van der Waals surface area contributed by atoms with Crippen molar-refractivity contribution in [2.75, 3.05) is 0 Å². The summed E-state index contributed by atoms with van der Waals surface area (Å²) < 4.78 is 33.0. The second-order valence-corrected chi connectivity index (χ2v) is 8.30. The number of rotatable bonds is 6. The third-order valence-corrected chi connectivity index (χ3v) is 6.17. The molecule has 0 radical (unpaired) electrons. The fourth-order valence-corrected chi connectivity index (χ4v) is 4.36. The minimum atomic E-state index is -3.60. The van der Waals surface area contributed by atoms with E-state index in [2.05, 4.69) is 4.98 Å². The van der Waals surface area contributed by atoms with E-state index < -0.39 is 10.0 Å². The third-order valence-electron chi connectivity index (χ3n) is 4.13. The van der Waals surface area contributed by atoms with Gasteiger partial charge in [0.15, 0.2) is 5.89 Å². The Labute approximate surface area is 154 Å². The lowest BCUT2D eigenvalue weighted by atomic mass is 10.2. The van der Waals surface area contributed by atoms with Crippen molar-refractivity contribution >= 4 is 10.0 Å². The van der Waals surface area contributed by atoms with Crippen LogP contribution in [0.25, 0.3) is 11.3 Å². The molecule has 0 aliphatic heterocycles. The maximum absolute atomic E-state index is 13.1. The molecule has 0 spiro atoms. The van der Waals surface area contributed by atoms with Crippen molar-refractivity contribution in [3.63, 3.8) is 0 Å². The van der Waals surface area contributed by atoms with Crippen LogP contribution in [0.4, 0.5) is 0 Å². The van der Waals surface area contributed by atoms with Crippen LogP contribution in [0.5, 0.6) is 0 Å². The molecule has 0 saturated heterocycles. The van der Waals surface area contributed by atoms with Crippen LogP contribution in [0.2, 0.25) is 0 Å². The van der Waals surface area contributed by atoms with Crippen LogP contribution in [0.3, 0.4) is 0 Å². The first-order valence-electron chi connectivity index (χ1n) is 8.46. The molecule has 2 aromatic carbocycles. The quantitative estimate of drug-likeness (QED) is 0.651. The van der Waals surface area contributed by atoms with Crippen LogP contribution < -0.4 is 0 Å². The number of oxazole rings is 1. The van der Waals surface area contributed by atoms with E-state index in [1.165, 1.54) is 4.31 Å². The highest BCUT2D eigenvalue weighted by molar-refractivity contribution is 7.89. The lowest BCUT2D eigenvalue weighted by molar-refractivity contribution is 0.348. The predicted octanol–water partition coefficient (Wildman–Crippen LogP) is 4.25. The normalized spacial score (nSPS) is 12.0. The molecule has 26 heavy (non-hydrogen) atoms. The van der Waals surface area contributed by atoms with Gasteiger partial charge in [0, 0.05) is 25.1 Å². The highest BCUT2D eigenvalue weighted by atomic mass is 32.2. The molecule has 0 saturated carbocycles. The Morgan fingerprint density at radius 2 is 1.69 bits per heavy atom. The van der Waals surface area contributed by atoms with Crippen molar-refractivity contribution in [3.05, 3.63) is 72.3 Å². The molecular weight excluding hydrogens is 348 g/mol. The fraction of sp³-hybridized carbons (Fsp3) is 0.250. The second kappa shape index (κ2) is 7.43. The van der Waals surface area contributed by atoms with Gasteiger partial charge in [-0.15, -0.1) is 0 Å². The number of hydrogen-bond donors (Lipinski definition) is 0. The molecule has 5 nitrogen and oxygen atoms in total. The van der Waals surface area contributed by atoms with Crippen molar-refractivity contribution in [2.24, 2.45) is 0 Å². The van der Waals surface area contributed by atoms with Crippen molar-refractivity contribution in [1.82, 2.24) is 9.29 Å². The van der Waals surface area contributed by atoms with Crippen molar-refractivity contribution in [3.8, 4) is 11.3 Å². The van der Waals surface area contributed by atoms with Gasteiger partial charge in [0.1, 0.15) is 12.0 Å². The lowest BCUT2D eigenvalue weighted by Crippen LogP contribution is -2.36. The molecule has 0 atom stereocenters. The van der Waals surface area contributed by atoms with Gasteiger partial charge >= 0.3 is 0 Å². The number of benzene rings is 2. The summed E-state index contributed by atoms with van der Waals surface area (Å²) in [6.07, 6.45) is 1.56. The van der Waals surface area contributed by atoms with E-state index in [1.54, 1.807) is 37.5 Å². The Morgan fingerprint density at radius 3 is 2.23 bits per heavy atom. The topological polar surface area (TPSA) is 63.4 Å². The summed E-state index contributed by atoms with van der Waals surface area (Å²) in [5.74, 6) is 0.575. The van der Waals surface area contributed by atoms with E-state index in [1.807, 2.05) is 44.2 Å². The second-order valence-electron chi connectivity index (χ2n) is 6.41. The molecule has 0 aliphatic rings. The molecule has 0 aliphatic carbocycles. The van der Waals surface area contributed by atoms with E-state index in [4.69, 9.17) is 4.42 Å². The molecule has 1 aromatic heterocycles. The van der Waals surface area contributed by atoms with Gasteiger partial charge in [-0.1, -0.05) is 42.5 Å². The maximum Gasteiger partial charge on any atom is 0.243 e. The van der Waals surface area contributed by atoms with Gasteiger partial charge in [-0.05, 0) is 31.5 Å². The van der Waals surface area contributed by atoms with Crippen molar-refractivity contribution in [1.29, 1.82) is 0 Å². The zero-order valence-electron chi connectivity index (χ0n) is 15.1. The molecule has 0 N–H and O–H groups in total. The van der Waals surface area contributed by atoms with E-state index in [9.17, 15) is 8.42 Å². The fourth-order valence-electron chi connectivity index (χ4n) is 2.74. The van der Waals surface area contributed by atoms with Crippen LogP contribution in [0, 0.1) is 6.92 Å². The lowest BCUT2D eigenvalue weighted by Gasteiger charge is -2.26. The summed E-state index contributed by atoms with van der Waals surface area (Å²) in [6.45, 7) is 5.87. The molecule has 3 rings (SSSR count). The Kier molecular flexibility index (Phi) is 5.25. The maximum atomic E-state index is 13.1. The average Bonchev–Trinajstić information content (AvgIpc) is 3.07. The number of aryl methyl sites for hydroxylation is 1. The average molecular weight is 370 g/mol. The Balaban J connectivity index is 1.89. The van der Waals surface area contributed by atoms with Crippen LogP contribution in [0.1, 0.15) is 25.3 Å². The van der Waals surface area contributed by atoms with Gasteiger partial charge in [0.25, 0.3) is 0 Å². The molecule has 0 bridgehead atoms. The SMILES string of the molecule is Cc1nc(-c2ccc(S(=O)(=O)N(Cc3ccccc3)C(C)C)cc2)co1. The highest BCUT2D eigenvalue weighted by Gasteiger charge is 2.27.